The molecule has 76 valence electrons. The highest BCUT2D eigenvalue weighted by molar-refractivity contribution is 6.08. The Balaban J connectivity index is 2.60. The molecule has 2 heterocycles. The van der Waals surface area contributed by atoms with Crippen LogP contribution in [0.2, 0.25) is 0 Å². The molecule has 0 fully saturated rings. The molecule has 0 atom stereocenters. The van der Waals surface area contributed by atoms with Gasteiger partial charge in [-0.05, 0) is 6.07 Å². The van der Waals surface area contributed by atoms with Crippen molar-refractivity contribution in [2.45, 2.75) is 0 Å². The predicted octanol–water partition coefficient (Wildman–Crippen LogP) is 1.59. The van der Waals surface area contributed by atoms with Gasteiger partial charge in [-0.2, -0.15) is 5.26 Å². The zero-order valence-electron chi connectivity index (χ0n) is 8.41. The van der Waals surface area contributed by atoms with Gasteiger partial charge in [-0.25, -0.2) is 4.98 Å². The largest absolute Gasteiger partial charge is 0.353 e. The van der Waals surface area contributed by atoms with Crippen molar-refractivity contribution in [3.63, 3.8) is 0 Å². The maximum absolute atomic E-state index is 9.07. The number of aromatic amines is 2. The van der Waals surface area contributed by atoms with Gasteiger partial charge in [0.05, 0.1) is 11.7 Å². The molecule has 4 nitrogen and oxygen atoms in total. The van der Waals surface area contributed by atoms with Crippen LogP contribution in [0.25, 0.3) is 21.8 Å². The molecule has 2 aromatic heterocycles. The lowest BCUT2D eigenvalue weighted by Crippen LogP contribution is -2.11. The maximum Gasteiger partial charge on any atom is 0.290 e. The molecule has 0 amide bonds. The monoisotopic (exact) mass is 209 g/mol. The molecule has 0 aliphatic carbocycles. The number of hydrogen-bond acceptors (Lipinski definition) is 2. The quantitative estimate of drug-likeness (QED) is 0.589. The molecule has 4 N–H and O–H groups in total. The molecule has 0 spiro atoms. The van der Waals surface area contributed by atoms with E-state index in [1.54, 1.807) is 0 Å². The summed E-state index contributed by atoms with van der Waals surface area (Å²) in [7, 11) is 0. The summed E-state index contributed by atoms with van der Waals surface area (Å²) in [5, 5.41) is 11.1. The van der Waals surface area contributed by atoms with Crippen molar-refractivity contribution >= 4 is 27.6 Å². The third-order valence-corrected chi connectivity index (χ3v) is 2.75. The van der Waals surface area contributed by atoms with E-state index in [2.05, 4.69) is 16.0 Å². The summed E-state index contributed by atoms with van der Waals surface area (Å²) in [4.78, 5) is 6.12. The van der Waals surface area contributed by atoms with E-state index in [0.717, 1.165) is 21.8 Å². The third kappa shape index (κ3) is 0.997. The lowest BCUT2D eigenvalue weighted by atomic mass is 10.1. The average molecular weight is 209 g/mol. The molecule has 3 aromatic rings. The van der Waals surface area contributed by atoms with E-state index < -0.39 is 0 Å². The number of benzene rings is 1. The maximum atomic E-state index is 9.07. The van der Waals surface area contributed by atoms with E-state index in [-0.39, 0.29) is 0 Å². The third-order valence-electron chi connectivity index (χ3n) is 2.75. The van der Waals surface area contributed by atoms with E-state index in [4.69, 9.17) is 11.0 Å². The molecule has 0 radical (unpaired) electrons. The van der Waals surface area contributed by atoms with Crippen LogP contribution >= 0.6 is 0 Å². The molecule has 1 aromatic carbocycles. The first-order valence-corrected chi connectivity index (χ1v) is 4.92. The topological polar surface area (TPSA) is 79.7 Å². The summed E-state index contributed by atoms with van der Waals surface area (Å²) in [6.45, 7) is 0. The van der Waals surface area contributed by atoms with Gasteiger partial charge in [0.15, 0.2) is 5.56 Å². The smallest absolute Gasteiger partial charge is 0.290 e. The first-order chi connectivity index (χ1) is 7.81. The normalized spacial score (nSPS) is 10.7. The number of aromatic nitrogens is 2. The highest BCUT2D eigenvalue weighted by Gasteiger charge is 2.14. The Morgan fingerprint density at radius 2 is 2.06 bits per heavy atom. The molecule has 0 saturated carbocycles. The number of anilines is 1. The van der Waals surface area contributed by atoms with Crippen molar-refractivity contribution in [2.24, 2.45) is 0 Å². The Morgan fingerprint density at radius 3 is 2.88 bits per heavy atom. The van der Waals surface area contributed by atoms with Crippen molar-refractivity contribution in [3.05, 3.63) is 36.0 Å². The Hall–Kier alpha value is -2.54. The van der Waals surface area contributed by atoms with Gasteiger partial charge >= 0.3 is 0 Å². The lowest BCUT2D eigenvalue weighted by molar-refractivity contribution is -0.358. The number of H-pyrrole nitrogens is 2. The van der Waals surface area contributed by atoms with Crippen LogP contribution in [0.4, 0.5) is 5.82 Å². The second-order valence-corrected chi connectivity index (χ2v) is 3.65. The molecule has 0 bridgehead atoms. The van der Waals surface area contributed by atoms with E-state index in [1.807, 2.05) is 30.5 Å². The first kappa shape index (κ1) is 8.74. The second-order valence-electron chi connectivity index (χ2n) is 3.65. The van der Waals surface area contributed by atoms with Gasteiger partial charge in [0.1, 0.15) is 6.07 Å². The Kier molecular flexibility index (Phi) is 1.62. The number of nitrogens with one attached hydrogen (secondary N) is 2. The van der Waals surface area contributed by atoms with E-state index >= 15 is 0 Å². The van der Waals surface area contributed by atoms with Crippen LogP contribution in [0.5, 0.6) is 0 Å². The lowest BCUT2D eigenvalue weighted by Gasteiger charge is -1.92. The highest BCUT2D eigenvalue weighted by atomic mass is 14.8. The fourth-order valence-corrected chi connectivity index (χ4v) is 1.98. The van der Waals surface area contributed by atoms with Gasteiger partial charge in [-0.1, -0.05) is 18.2 Å². The summed E-state index contributed by atoms with van der Waals surface area (Å²) < 4.78 is 0. The Labute approximate surface area is 91.3 Å². The van der Waals surface area contributed by atoms with Gasteiger partial charge in [0, 0.05) is 16.3 Å². The summed E-state index contributed by atoms with van der Waals surface area (Å²) in [6.07, 6.45) is 1.82. The minimum Gasteiger partial charge on any atom is -0.353 e. The number of para-hydroxylation sites is 1. The first-order valence-electron chi connectivity index (χ1n) is 4.92. The van der Waals surface area contributed by atoms with E-state index in [1.165, 1.54) is 0 Å². The van der Waals surface area contributed by atoms with E-state index in [0.29, 0.717) is 11.4 Å². The summed E-state index contributed by atoms with van der Waals surface area (Å²) >= 11 is 0. The molecular weight excluding hydrogens is 200 g/mol. The van der Waals surface area contributed by atoms with Gasteiger partial charge in [0.25, 0.3) is 5.82 Å². The number of hydrogen-bond donors (Lipinski definition) is 2. The molecule has 0 saturated heterocycles. The van der Waals surface area contributed by atoms with Crippen molar-refractivity contribution in [3.8, 4) is 6.07 Å². The molecule has 0 unspecified atom stereocenters. The van der Waals surface area contributed by atoms with Gasteiger partial charge in [-0.3, -0.25) is 5.73 Å². The molecule has 16 heavy (non-hydrogen) atoms. The van der Waals surface area contributed by atoms with E-state index in [9.17, 15) is 0 Å². The molecule has 4 heteroatoms. The predicted molar refractivity (Wildman–Crippen MR) is 61.5 cm³/mol. The zero-order valence-corrected chi connectivity index (χ0v) is 8.41. The highest BCUT2D eigenvalue weighted by Crippen LogP contribution is 2.27. The number of nitrogens with two attached hydrogens (primary N) is 1. The van der Waals surface area contributed by atoms with Crippen LogP contribution < -0.4 is 10.7 Å². The van der Waals surface area contributed by atoms with Crippen molar-refractivity contribution in [1.29, 1.82) is 5.26 Å². The molecule has 0 aliphatic rings. The molecule has 0 aliphatic heterocycles. The van der Waals surface area contributed by atoms with Crippen LogP contribution in [-0.2, 0) is 0 Å². The van der Waals surface area contributed by atoms with Crippen LogP contribution in [0.3, 0.4) is 0 Å². The van der Waals surface area contributed by atoms with Gasteiger partial charge < -0.3 is 4.98 Å². The number of nitriles is 1. The Bertz CT molecular complexity index is 734. The van der Waals surface area contributed by atoms with Crippen molar-refractivity contribution in [1.82, 2.24) is 4.98 Å². The SMILES string of the molecule is N#Cc1c(N)[nH+]cc2c1[nH]c1ccccc12. The number of nitrogens with zero attached hydrogens (tertiary/aromatic N) is 1. The fraction of sp³-hybridized carbons (Fsp3) is 0. The number of fused-ring (bicyclic) bond motifs is 3. The number of nitrogen functional groups attached to an aromatic ring is 1. The van der Waals surface area contributed by atoms with Gasteiger partial charge in [0.2, 0.25) is 0 Å². The Morgan fingerprint density at radius 1 is 1.25 bits per heavy atom. The zero-order chi connectivity index (χ0) is 11.1. The number of rotatable bonds is 0. The standard InChI is InChI=1S/C12H8N4/c13-5-8-11-9(6-15-12(8)14)7-3-1-2-4-10(7)16-11/h1-4,6,16H,(H2,14,15)/p+1. The summed E-state index contributed by atoms with van der Waals surface area (Å²) in [6, 6.07) is 10.0. The summed E-state index contributed by atoms with van der Waals surface area (Å²) in [5.74, 6) is 0.390. The van der Waals surface area contributed by atoms with Gasteiger partial charge in [-0.15, -0.1) is 0 Å². The number of pyridine rings is 1. The van der Waals surface area contributed by atoms with Crippen molar-refractivity contribution in [2.75, 3.05) is 5.73 Å². The van der Waals surface area contributed by atoms with Crippen LogP contribution in [0, 0.1) is 11.3 Å². The molecular formula is C12H9N4+. The summed E-state index contributed by atoms with van der Waals surface area (Å²) in [5.41, 5.74) is 7.99. The van der Waals surface area contributed by atoms with Crippen LogP contribution in [-0.4, -0.2) is 4.98 Å². The minimum atomic E-state index is 0.390. The van der Waals surface area contributed by atoms with Crippen LogP contribution in [0.15, 0.2) is 30.5 Å². The second kappa shape index (κ2) is 2.97. The fourth-order valence-electron chi connectivity index (χ4n) is 1.98. The van der Waals surface area contributed by atoms with Crippen molar-refractivity contribution < 1.29 is 4.98 Å². The van der Waals surface area contributed by atoms with Crippen LogP contribution in [0.1, 0.15) is 5.56 Å². The minimum absolute atomic E-state index is 0.390. The molecule has 3 rings (SSSR count). The average Bonchev–Trinajstić information content (AvgIpc) is 2.67.